The van der Waals surface area contributed by atoms with E-state index in [1.165, 1.54) is 0 Å². The molecule has 1 amide bonds. The first kappa shape index (κ1) is 18.1. The number of hydrogen-bond donors (Lipinski definition) is 0. The van der Waals surface area contributed by atoms with E-state index in [2.05, 4.69) is 11.0 Å². The monoisotopic (exact) mass is 354 g/mol. The zero-order valence-electron chi connectivity index (χ0n) is 15.5. The van der Waals surface area contributed by atoms with Crippen molar-refractivity contribution in [2.75, 3.05) is 45.3 Å². The summed E-state index contributed by atoms with van der Waals surface area (Å²) < 4.78 is 10.7. The molecule has 1 heterocycles. The molecule has 0 atom stereocenters. The first-order valence-corrected chi connectivity index (χ1v) is 9.00. The summed E-state index contributed by atoms with van der Waals surface area (Å²) in [4.78, 5) is 16.8. The van der Waals surface area contributed by atoms with E-state index in [4.69, 9.17) is 9.47 Å². The highest BCUT2D eigenvalue weighted by molar-refractivity contribution is 5.77. The lowest BCUT2D eigenvalue weighted by Crippen LogP contribution is -2.48. The second-order valence-corrected chi connectivity index (χ2v) is 6.39. The third kappa shape index (κ3) is 4.28. The van der Waals surface area contributed by atoms with E-state index >= 15 is 0 Å². The molecule has 2 aromatic rings. The number of para-hydroxylation sites is 2. The minimum Gasteiger partial charge on any atom is -0.497 e. The van der Waals surface area contributed by atoms with Gasteiger partial charge in [-0.05, 0) is 36.2 Å². The van der Waals surface area contributed by atoms with Gasteiger partial charge < -0.3 is 19.3 Å². The van der Waals surface area contributed by atoms with Crippen LogP contribution in [-0.4, -0.2) is 51.2 Å². The minimum atomic E-state index is 0.215. The van der Waals surface area contributed by atoms with Crippen LogP contribution in [0.4, 0.5) is 5.69 Å². The number of benzene rings is 2. The molecular formula is C21H26N2O3. The minimum absolute atomic E-state index is 0.215. The van der Waals surface area contributed by atoms with E-state index < -0.39 is 0 Å². The van der Waals surface area contributed by atoms with Gasteiger partial charge in [-0.1, -0.05) is 24.3 Å². The van der Waals surface area contributed by atoms with Crippen LogP contribution in [0.2, 0.25) is 0 Å². The van der Waals surface area contributed by atoms with Crippen molar-refractivity contribution in [3.63, 3.8) is 0 Å². The standard InChI is InChI=1S/C21H26N2O3/c1-25-18-7-5-6-17(16-18)10-11-21(24)23-14-12-22(13-15-23)19-8-3-4-9-20(19)26-2/h3-9,16H,10-15H2,1-2H3. The molecule has 0 aliphatic carbocycles. The van der Waals surface area contributed by atoms with Gasteiger partial charge in [0, 0.05) is 32.6 Å². The lowest BCUT2D eigenvalue weighted by Gasteiger charge is -2.36. The molecule has 1 saturated heterocycles. The molecule has 0 saturated carbocycles. The van der Waals surface area contributed by atoms with Gasteiger partial charge in [0.05, 0.1) is 19.9 Å². The summed E-state index contributed by atoms with van der Waals surface area (Å²) in [5.41, 5.74) is 2.23. The number of carbonyl (C=O) groups excluding carboxylic acids is 1. The van der Waals surface area contributed by atoms with Crippen LogP contribution in [0.25, 0.3) is 0 Å². The van der Waals surface area contributed by atoms with Crippen molar-refractivity contribution in [3.8, 4) is 11.5 Å². The number of amides is 1. The molecule has 0 unspecified atom stereocenters. The Kier molecular flexibility index (Phi) is 6.00. The van der Waals surface area contributed by atoms with Crippen LogP contribution >= 0.6 is 0 Å². The molecule has 0 bridgehead atoms. The lowest BCUT2D eigenvalue weighted by atomic mass is 10.1. The largest absolute Gasteiger partial charge is 0.497 e. The number of rotatable bonds is 6. The average molecular weight is 354 g/mol. The summed E-state index contributed by atoms with van der Waals surface area (Å²) in [5, 5.41) is 0. The van der Waals surface area contributed by atoms with Crippen LogP contribution in [0.15, 0.2) is 48.5 Å². The number of aryl methyl sites for hydroxylation is 1. The Balaban J connectivity index is 1.52. The Morgan fingerprint density at radius 3 is 2.46 bits per heavy atom. The molecule has 26 heavy (non-hydrogen) atoms. The van der Waals surface area contributed by atoms with Crippen molar-refractivity contribution >= 4 is 11.6 Å². The van der Waals surface area contributed by atoms with Crippen LogP contribution < -0.4 is 14.4 Å². The first-order valence-electron chi connectivity index (χ1n) is 9.00. The second-order valence-electron chi connectivity index (χ2n) is 6.39. The molecule has 1 aliphatic heterocycles. The van der Waals surface area contributed by atoms with Crippen molar-refractivity contribution in [3.05, 3.63) is 54.1 Å². The van der Waals surface area contributed by atoms with Crippen LogP contribution in [0.1, 0.15) is 12.0 Å². The third-order valence-corrected chi connectivity index (χ3v) is 4.82. The number of ether oxygens (including phenoxy) is 2. The lowest BCUT2D eigenvalue weighted by molar-refractivity contribution is -0.131. The van der Waals surface area contributed by atoms with E-state index in [9.17, 15) is 4.79 Å². The molecule has 2 aromatic carbocycles. The number of anilines is 1. The fourth-order valence-electron chi connectivity index (χ4n) is 3.33. The van der Waals surface area contributed by atoms with E-state index in [1.807, 2.05) is 47.4 Å². The summed E-state index contributed by atoms with van der Waals surface area (Å²) in [6.45, 7) is 3.14. The van der Waals surface area contributed by atoms with Crippen molar-refractivity contribution < 1.29 is 14.3 Å². The van der Waals surface area contributed by atoms with Gasteiger partial charge in [-0.3, -0.25) is 4.79 Å². The topological polar surface area (TPSA) is 42.0 Å². The van der Waals surface area contributed by atoms with Gasteiger partial charge in [-0.2, -0.15) is 0 Å². The third-order valence-electron chi connectivity index (χ3n) is 4.82. The Bertz CT molecular complexity index is 740. The molecular weight excluding hydrogens is 328 g/mol. The maximum atomic E-state index is 12.5. The van der Waals surface area contributed by atoms with Gasteiger partial charge in [0.1, 0.15) is 11.5 Å². The maximum absolute atomic E-state index is 12.5. The molecule has 0 N–H and O–H groups in total. The molecule has 5 nitrogen and oxygen atoms in total. The summed E-state index contributed by atoms with van der Waals surface area (Å²) in [5.74, 6) is 1.93. The van der Waals surface area contributed by atoms with Crippen molar-refractivity contribution in [1.29, 1.82) is 0 Å². The molecule has 3 rings (SSSR count). The highest BCUT2D eigenvalue weighted by Gasteiger charge is 2.22. The molecule has 0 radical (unpaired) electrons. The zero-order chi connectivity index (χ0) is 18.4. The Morgan fingerprint density at radius 1 is 0.962 bits per heavy atom. The molecule has 1 fully saturated rings. The number of piperazine rings is 1. The summed E-state index contributed by atoms with van der Waals surface area (Å²) in [7, 11) is 3.35. The SMILES string of the molecule is COc1cccc(CCC(=O)N2CCN(c3ccccc3OC)CC2)c1. The fourth-order valence-corrected chi connectivity index (χ4v) is 3.33. The molecule has 138 valence electrons. The van der Waals surface area contributed by atoms with Crippen LogP contribution in [-0.2, 0) is 11.2 Å². The van der Waals surface area contributed by atoms with Gasteiger partial charge in [-0.25, -0.2) is 0 Å². The van der Waals surface area contributed by atoms with Crippen molar-refractivity contribution in [2.45, 2.75) is 12.8 Å². The number of carbonyl (C=O) groups is 1. The Hall–Kier alpha value is -2.69. The molecule has 0 aromatic heterocycles. The number of hydrogen-bond acceptors (Lipinski definition) is 4. The number of methoxy groups -OCH3 is 2. The summed E-state index contributed by atoms with van der Waals surface area (Å²) in [6.07, 6.45) is 1.27. The fraction of sp³-hybridized carbons (Fsp3) is 0.381. The van der Waals surface area contributed by atoms with Gasteiger partial charge in [0.15, 0.2) is 0 Å². The highest BCUT2D eigenvalue weighted by atomic mass is 16.5. The van der Waals surface area contributed by atoms with Gasteiger partial charge in [0.2, 0.25) is 5.91 Å². The first-order chi connectivity index (χ1) is 12.7. The smallest absolute Gasteiger partial charge is 0.223 e. The van der Waals surface area contributed by atoms with Gasteiger partial charge in [0.25, 0.3) is 0 Å². The quantitative estimate of drug-likeness (QED) is 0.800. The van der Waals surface area contributed by atoms with E-state index in [-0.39, 0.29) is 5.91 Å². The summed E-state index contributed by atoms with van der Waals surface area (Å²) in [6, 6.07) is 15.9. The normalized spacial score (nSPS) is 14.2. The van der Waals surface area contributed by atoms with Gasteiger partial charge in [-0.15, -0.1) is 0 Å². The predicted molar refractivity (Wildman–Crippen MR) is 103 cm³/mol. The Morgan fingerprint density at radius 2 is 1.73 bits per heavy atom. The van der Waals surface area contributed by atoms with Crippen molar-refractivity contribution in [2.24, 2.45) is 0 Å². The molecule has 5 heteroatoms. The van der Waals surface area contributed by atoms with Crippen molar-refractivity contribution in [1.82, 2.24) is 4.90 Å². The van der Waals surface area contributed by atoms with Crippen LogP contribution in [0, 0.1) is 0 Å². The Labute approximate surface area is 155 Å². The van der Waals surface area contributed by atoms with E-state index in [0.717, 1.165) is 55.3 Å². The predicted octanol–water partition coefficient (Wildman–Crippen LogP) is 2.99. The van der Waals surface area contributed by atoms with E-state index in [0.29, 0.717) is 6.42 Å². The number of nitrogens with zero attached hydrogens (tertiary/aromatic N) is 2. The zero-order valence-corrected chi connectivity index (χ0v) is 15.5. The molecule has 0 spiro atoms. The highest BCUT2D eigenvalue weighted by Crippen LogP contribution is 2.28. The molecule has 1 aliphatic rings. The van der Waals surface area contributed by atoms with Gasteiger partial charge >= 0.3 is 0 Å². The van der Waals surface area contributed by atoms with E-state index in [1.54, 1.807) is 14.2 Å². The second kappa shape index (κ2) is 8.61. The average Bonchev–Trinajstić information content (AvgIpc) is 2.72. The summed E-state index contributed by atoms with van der Waals surface area (Å²) >= 11 is 0. The van der Waals surface area contributed by atoms with Crippen LogP contribution in [0.3, 0.4) is 0 Å². The maximum Gasteiger partial charge on any atom is 0.223 e. The van der Waals surface area contributed by atoms with Crippen LogP contribution in [0.5, 0.6) is 11.5 Å².